The van der Waals surface area contributed by atoms with Crippen LogP contribution in [0.25, 0.3) is 0 Å². The van der Waals surface area contributed by atoms with Gasteiger partial charge >= 0.3 is 0 Å². The van der Waals surface area contributed by atoms with E-state index in [9.17, 15) is 0 Å². The van der Waals surface area contributed by atoms with Gasteiger partial charge < -0.3 is 10.3 Å². The van der Waals surface area contributed by atoms with Gasteiger partial charge in [0.2, 0.25) is 0 Å². The molecule has 2 heterocycles. The number of aromatic amines is 1. The smallest absolute Gasteiger partial charge is 0.122 e. The molecule has 0 aromatic carbocycles. The number of nitrogens with zero attached hydrogens (tertiary/aromatic N) is 2. The van der Waals surface area contributed by atoms with Crippen molar-refractivity contribution in [2.45, 2.75) is 19.5 Å². The Morgan fingerprint density at radius 3 is 3.06 bits per heavy atom. The van der Waals surface area contributed by atoms with Gasteiger partial charge in [-0.1, -0.05) is 0 Å². The molecule has 0 aliphatic heterocycles. The van der Waals surface area contributed by atoms with Crippen molar-refractivity contribution in [1.82, 2.24) is 20.3 Å². The molecule has 1 unspecified atom stereocenters. The van der Waals surface area contributed by atoms with Crippen LogP contribution in [-0.2, 0) is 6.54 Å². The predicted molar refractivity (Wildman–Crippen MR) is 65.8 cm³/mol. The van der Waals surface area contributed by atoms with Gasteiger partial charge in [-0.3, -0.25) is 4.98 Å². The largest absolute Gasteiger partial charge is 0.347 e. The number of hydrogen-bond donors (Lipinski definition) is 2. The molecule has 0 spiro atoms. The molecule has 4 nitrogen and oxygen atoms in total. The fourth-order valence-electron chi connectivity index (χ4n) is 1.43. The normalized spacial score (nSPS) is 12.6. The van der Waals surface area contributed by atoms with Gasteiger partial charge in [-0.05, 0) is 34.5 Å². The highest BCUT2D eigenvalue weighted by Gasteiger charge is 2.06. The first-order valence-electron chi connectivity index (χ1n) is 5.08. The Labute approximate surface area is 103 Å². The van der Waals surface area contributed by atoms with E-state index in [0.29, 0.717) is 0 Å². The molecule has 0 aliphatic carbocycles. The third-order valence-electron chi connectivity index (χ3n) is 2.30. The molecule has 0 bridgehead atoms. The number of rotatable bonds is 4. The minimum atomic E-state index is 0.203. The number of aromatic nitrogens is 3. The minimum Gasteiger partial charge on any atom is -0.347 e. The minimum absolute atomic E-state index is 0.203. The maximum Gasteiger partial charge on any atom is 0.122 e. The second-order valence-corrected chi connectivity index (χ2v) is 4.50. The summed E-state index contributed by atoms with van der Waals surface area (Å²) in [6.45, 7) is 2.85. The average molecular weight is 281 g/mol. The Bertz CT molecular complexity index is 441. The van der Waals surface area contributed by atoms with E-state index in [1.54, 1.807) is 12.4 Å². The molecule has 2 aromatic heterocycles. The Hall–Kier alpha value is -1.20. The van der Waals surface area contributed by atoms with Crippen LogP contribution in [0, 0.1) is 0 Å². The lowest BCUT2D eigenvalue weighted by Crippen LogP contribution is -2.19. The molecule has 0 fully saturated rings. The van der Waals surface area contributed by atoms with E-state index in [4.69, 9.17) is 0 Å². The first-order valence-corrected chi connectivity index (χ1v) is 5.87. The summed E-state index contributed by atoms with van der Waals surface area (Å²) >= 11 is 3.40. The van der Waals surface area contributed by atoms with Crippen molar-refractivity contribution in [2.24, 2.45) is 0 Å². The summed E-state index contributed by atoms with van der Waals surface area (Å²) in [7, 11) is 0. The van der Waals surface area contributed by atoms with Crippen molar-refractivity contribution in [3.8, 4) is 0 Å². The number of H-pyrrole nitrogens is 1. The molecule has 2 aromatic rings. The molecule has 2 N–H and O–H groups in total. The van der Waals surface area contributed by atoms with Crippen LogP contribution >= 0.6 is 15.9 Å². The first-order chi connectivity index (χ1) is 7.75. The lowest BCUT2D eigenvalue weighted by Gasteiger charge is -2.11. The maximum atomic E-state index is 4.20. The highest BCUT2D eigenvalue weighted by atomic mass is 79.9. The van der Waals surface area contributed by atoms with E-state index >= 15 is 0 Å². The summed E-state index contributed by atoms with van der Waals surface area (Å²) in [4.78, 5) is 11.4. The maximum absolute atomic E-state index is 4.20. The van der Waals surface area contributed by atoms with E-state index in [1.165, 1.54) is 0 Å². The number of halogens is 1. The van der Waals surface area contributed by atoms with Crippen LogP contribution in [0.15, 0.2) is 35.3 Å². The number of imidazole rings is 1. The molecule has 0 saturated carbocycles. The summed E-state index contributed by atoms with van der Waals surface area (Å²) in [5.41, 5.74) is 1.15. The zero-order valence-corrected chi connectivity index (χ0v) is 10.5. The summed E-state index contributed by atoms with van der Waals surface area (Å²) in [5, 5.41) is 3.37. The second kappa shape index (κ2) is 5.23. The number of hydrogen-bond acceptors (Lipinski definition) is 3. The van der Waals surface area contributed by atoms with Gasteiger partial charge in [0.15, 0.2) is 0 Å². The zero-order valence-electron chi connectivity index (χ0n) is 8.94. The summed E-state index contributed by atoms with van der Waals surface area (Å²) in [6.07, 6.45) is 7.22. The molecular weight excluding hydrogens is 268 g/mol. The summed E-state index contributed by atoms with van der Waals surface area (Å²) in [5.74, 6) is 0.947. The van der Waals surface area contributed by atoms with E-state index in [1.807, 2.05) is 12.4 Å². The topological polar surface area (TPSA) is 53.6 Å². The molecule has 0 aliphatic rings. The molecule has 0 saturated heterocycles. The van der Waals surface area contributed by atoms with Crippen LogP contribution in [0.1, 0.15) is 24.4 Å². The third kappa shape index (κ3) is 2.90. The summed E-state index contributed by atoms with van der Waals surface area (Å²) < 4.78 is 0.998. The van der Waals surface area contributed by atoms with Crippen molar-refractivity contribution in [2.75, 3.05) is 0 Å². The fourth-order valence-corrected chi connectivity index (χ4v) is 1.85. The van der Waals surface area contributed by atoms with Gasteiger partial charge in [-0.25, -0.2) is 4.98 Å². The van der Waals surface area contributed by atoms with Crippen LogP contribution in [0.2, 0.25) is 0 Å². The average Bonchev–Trinajstić information content (AvgIpc) is 2.79. The van der Waals surface area contributed by atoms with Gasteiger partial charge in [0, 0.05) is 35.8 Å². The fraction of sp³-hybridized carbons (Fsp3) is 0.273. The van der Waals surface area contributed by atoms with Crippen molar-refractivity contribution in [1.29, 1.82) is 0 Å². The SMILES string of the molecule is CC(NCc1cncc(Br)c1)c1ncc[nH]1. The Kier molecular flexibility index (Phi) is 3.69. The molecule has 1 atom stereocenters. The first kappa shape index (κ1) is 11.3. The van der Waals surface area contributed by atoms with Crippen molar-refractivity contribution in [3.05, 3.63) is 46.7 Å². The quantitative estimate of drug-likeness (QED) is 0.905. The van der Waals surface area contributed by atoms with Crippen LogP contribution in [0.3, 0.4) is 0 Å². The Balaban J connectivity index is 1.92. The van der Waals surface area contributed by atoms with Crippen LogP contribution in [0.4, 0.5) is 0 Å². The predicted octanol–water partition coefficient (Wildman–Crippen LogP) is 2.42. The molecule has 84 valence electrons. The van der Waals surface area contributed by atoms with Crippen molar-refractivity contribution in [3.63, 3.8) is 0 Å². The van der Waals surface area contributed by atoms with Gasteiger partial charge in [0.05, 0.1) is 6.04 Å². The third-order valence-corrected chi connectivity index (χ3v) is 2.74. The lowest BCUT2D eigenvalue weighted by atomic mass is 10.2. The van der Waals surface area contributed by atoms with Crippen LogP contribution in [-0.4, -0.2) is 15.0 Å². The molecule has 0 radical (unpaired) electrons. The zero-order chi connectivity index (χ0) is 11.4. The van der Waals surface area contributed by atoms with Crippen molar-refractivity contribution >= 4 is 15.9 Å². The lowest BCUT2D eigenvalue weighted by molar-refractivity contribution is 0.550. The molecule has 5 heteroatoms. The van der Waals surface area contributed by atoms with E-state index in [2.05, 4.69) is 49.2 Å². The standard InChI is InChI=1S/C11H13BrN4/c1-8(11-14-2-3-15-11)16-6-9-4-10(12)7-13-5-9/h2-5,7-8,16H,6H2,1H3,(H,14,15). The molecule has 16 heavy (non-hydrogen) atoms. The molecule has 0 amide bonds. The van der Waals surface area contributed by atoms with Gasteiger partial charge in [-0.2, -0.15) is 0 Å². The summed E-state index contributed by atoms with van der Waals surface area (Å²) in [6, 6.07) is 2.25. The number of pyridine rings is 1. The van der Waals surface area contributed by atoms with Crippen LogP contribution in [0.5, 0.6) is 0 Å². The van der Waals surface area contributed by atoms with E-state index in [-0.39, 0.29) is 6.04 Å². The van der Waals surface area contributed by atoms with Gasteiger partial charge in [0.1, 0.15) is 5.82 Å². The molecule has 2 rings (SSSR count). The number of nitrogens with one attached hydrogen (secondary N) is 2. The highest BCUT2D eigenvalue weighted by molar-refractivity contribution is 9.10. The van der Waals surface area contributed by atoms with Gasteiger partial charge in [-0.15, -0.1) is 0 Å². The molecular formula is C11H13BrN4. The van der Waals surface area contributed by atoms with E-state index in [0.717, 1.165) is 22.4 Å². The highest BCUT2D eigenvalue weighted by Crippen LogP contribution is 2.11. The van der Waals surface area contributed by atoms with Crippen LogP contribution < -0.4 is 5.32 Å². The second-order valence-electron chi connectivity index (χ2n) is 3.59. The Morgan fingerprint density at radius 1 is 1.50 bits per heavy atom. The monoisotopic (exact) mass is 280 g/mol. The van der Waals surface area contributed by atoms with E-state index < -0.39 is 0 Å². The Morgan fingerprint density at radius 2 is 2.38 bits per heavy atom. The van der Waals surface area contributed by atoms with Crippen molar-refractivity contribution < 1.29 is 0 Å². The van der Waals surface area contributed by atoms with Gasteiger partial charge in [0.25, 0.3) is 0 Å².